The topological polar surface area (TPSA) is 29.5 Å². The normalized spacial score (nSPS) is 15.4. The van der Waals surface area contributed by atoms with Crippen molar-refractivity contribution in [1.29, 1.82) is 0 Å². The Morgan fingerprint density at radius 2 is 1.79 bits per heavy atom. The predicted octanol–water partition coefficient (Wildman–Crippen LogP) is 2.08. The van der Waals surface area contributed by atoms with Crippen LogP contribution in [0.25, 0.3) is 0 Å². The van der Waals surface area contributed by atoms with Gasteiger partial charge in [0.05, 0.1) is 6.61 Å². The molecular weight excluding hydrogens is 338 g/mol. The van der Waals surface area contributed by atoms with Gasteiger partial charge >= 0.3 is 25.8 Å². The molecule has 0 spiro atoms. The molecule has 0 bridgehead atoms. The molecule has 0 heterocycles. The van der Waals surface area contributed by atoms with Gasteiger partial charge in [-0.3, -0.25) is 0 Å². The summed E-state index contributed by atoms with van der Waals surface area (Å²) in [6.45, 7) is 8.85. The third-order valence-electron chi connectivity index (χ3n) is 1.14. The van der Waals surface area contributed by atoms with Crippen LogP contribution in [0.15, 0.2) is 0 Å². The van der Waals surface area contributed by atoms with Crippen molar-refractivity contribution in [2.75, 3.05) is 12.4 Å². The molecule has 14 heavy (non-hydrogen) atoms. The minimum atomic E-state index is -2.55. The first kappa shape index (κ1) is 18.2. The summed E-state index contributed by atoms with van der Waals surface area (Å²) in [5.41, 5.74) is -2.55. The monoisotopic (exact) mass is 360 g/mol. The quantitative estimate of drug-likeness (QED) is 0.735. The molecule has 0 aliphatic rings. The van der Waals surface area contributed by atoms with Crippen LogP contribution in [0, 0.1) is 11.8 Å². The van der Waals surface area contributed by atoms with Crippen LogP contribution in [-0.4, -0.2) is 43.1 Å². The van der Waals surface area contributed by atoms with Crippen LogP contribution in [0.2, 0.25) is 0 Å². The summed E-state index contributed by atoms with van der Waals surface area (Å²) in [5, 5.41) is 0. The van der Waals surface area contributed by atoms with Crippen molar-refractivity contribution in [1.82, 2.24) is 0 Å². The van der Waals surface area contributed by atoms with Crippen molar-refractivity contribution < 1.29 is 9.42 Å². The van der Waals surface area contributed by atoms with Crippen LogP contribution in [0.4, 0.5) is 0 Å². The molecule has 0 aliphatic heterocycles. The van der Waals surface area contributed by atoms with Crippen molar-refractivity contribution in [2.45, 2.75) is 27.7 Å². The molecule has 2 nitrogen and oxygen atoms in total. The molecule has 0 saturated carbocycles. The van der Waals surface area contributed by atoms with Crippen molar-refractivity contribution in [3.63, 3.8) is 0 Å². The van der Waals surface area contributed by atoms with Gasteiger partial charge in [0, 0.05) is 5.75 Å². The predicted molar refractivity (Wildman–Crippen MR) is 74.5 cm³/mol. The maximum absolute atomic E-state index is 9.68. The molecule has 0 fully saturated rings. The molecule has 0 amide bonds. The van der Waals surface area contributed by atoms with Gasteiger partial charge in [-0.05, 0) is 23.6 Å². The molecular formula is C8H22InO2PS2. The van der Waals surface area contributed by atoms with Gasteiger partial charge in [0.1, 0.15) is 0 Å². The van der Waals surface area contributed by atoms with E-state index in [1.54, 1.807) is 0 Å². The molecule has 0 rings (SSSR count). The molecule has 0 aromatic heterocycles. The fraction of sp³-hybridized carbons (Fsp3) is 1.00. The van der Waals surface area contributed by atoms with Gasteiger partial charge in [0.15, 0.2) is 0 Å². The van der Waals surface area contributed by atoms with Crippen LogP contribution in [0.1, 0.15) is 27.7 Å². The van der Waals surface area contributed by atoms with Gasteiger partial charge in [0.25, 0.3) is 0 Å². The summed E-state index contributed by atoms with van der Waals surface area (Å²) in [7, 11) is 0. The van der Waals surface area contributed by atoms with E-state index in [4.69, 9.17) is 16.3 Å². The second-order valence-corrected chi connectivity index (χ2v) is 10.1. The fourth-order valence-electron chi connectivity index (χ4n) is 0.524. The molecule has 0 radical (unpaired) electrons. The fourth-order valence-corrected chi connectivity index (χ4v) is 4.17. The van der Waals surface area contributed by atoms with Crippen LogP contribution >= 0.6 is 17.1 Å². The molecule has 0 aromatic rings. The summed E-state index contributed by atoms with van der Waals surface area (Å²) in [4.78, 5) is 9.68. The van der Waals surface area contributed by atoms with Gasteiger partial charge in [-0.2, -0.15) is 0 Å². The average molecular weight is 360 g/mol. The van der Waals surface area contributed by atoms with E-state index in [1.165, 1.54) is 11.4 Å². The number of hydrogen-bond acceptors (Lipinski definition) is 3. The third kappa shape index (κ3) is 11.9. The Bertz CT molecular complexity index is 172. The zero-order valence-corrected chi connectivity index (χ0v) is 11.2. The number of hydrogen-bond donors (Lipinski definition) is 1. The summed E-state index contributed by atoms with van der Waals surface area (Å²) < 4.78 is 5.29. The van der Waals surface area contributed by atoms with Gasteiger partial charge in [-0.1, -0.05) is 39.1 Å². The Kier molecular flexibility index (Phi) is 11.5. The molecule has 86 valence electrons. The first-order valence-electron chi connectivity index (χ1n) is 4.45. The Hall–Kier alpha value is 1.79. The van der Waals surface area contributed by atoms with E-state index in [2.05, 4.69) is 13.8 Å². The Balaban J connectivity index is 0. The summed E-state index contributed by atoms with van der Waals surface area (Å²) in [5.74, 6) is 1.84. The molecule has 1 N–H and O–H groups in total. The van der Waals surface area contributed by atoms with Crippen molar-refractivity contribution in [2.24, 2.45) is 11.8 Å². The molecule has 6 heteroatoms. The third-order valence-corrected chi connectivity index (χ3v) is 5.77. The van der Waals surface area contributed by atoms with E-state index in [1.807, 2.05) is 13.8 Å². The summed E-state index contributed by atoms with van der Waals surface area (Å²) in [6, 6.07) is 0. The van der Waals surface area contributed by atoms with E-state index in [9.17, 15) is 4.89 Å². The first-order valence-corrected chi connectivity index (χ1v) is 8.71. The number of rotatable bonds is 6. The van der Waals surface area contributed by atoms with E-state index >= 15 is 0 Å². The van der Waals surface area contributed by atoms with Gasteiger partial charge < -0.3 is 9.42 Å². The van der Waals surface area contributed by atoms with Gasteiger partial charge in [0.2, 0.25) is 5.69 Å². The second kappa shape index (κ2) is 8.89. The van der Waals surface area contributed by atoms with Crippen LogP contribution in [0.5, 0.6) is 0 Å². The van der Waals surface area contributed by atoms with Crippen molar-refractivity contribution in [3.8, 4) is 0 Å². The van der Waals surface area contributed by atoms with Crippen molar-refractivity contribution in [3.05, 3.63) is 0 Å². The Morgan fingerprint density at radius 1 is 1.29 bits per heavy atom. The Labute approximate surface area is 115 Å². The molecule has 1 unspecified atom stereocenters. The van der Waals surface area contributed by atoms with E-state index in [0.29, 0.717) is 18.4 Å². The maximum atomic E-state index is 9.68. The zero-order valence-electron chi connectivity index (χ0n) is 8.69. The first-order chi connectivity index (χ1) is 5.83. The molecule has 0 saturated heterocycles. The van der Waals surface area contributed by atoms with Crippen LogP contribution in [-0.2, 0) is 16.3 Å². The minimum absolute atomic E-state index is 0. The van der Waals surface area contributed by atoms with Crippen molar-refractivity contribution >= 4 is 54.7 Å². The van der Waals surface area contributed by atoms with Crippen LogP contribution < -0.4 is 0 Å². The Morgan fingerprint density at radius 3 is 2.14 bits per heavy atom. The standard InChI is InChI=1S/C8H19O2PS2.In.3H/c1-7(2)5-10-11(9,12)13-6-8(3)4;;;;/h7-8H,5-6H2,1-4H3,(H,9,12);;;;. The summed E-state index contributed by atoms with van der Waals surface area (Å²) in [6.07, 6.45) is 0. The zero-order chi connectivity index (χ0) is 10.5. The van der Waals surface area contributed by atoms with Gasteiger partial charge in [-0.15, -0.1) is 0 Å². The SMILES string of the molecule is CC(C)COP(O)(=S)SCC(C)C.[InH3]. The summed E-state index contributed by atoms with van der Waals surface area (Å²) >= 11 is 6.38. The average Bonchev–Trinajstić information content (AvgIpc) is 1.98. The van der Waals surface area contributed by atoms with Gasteiger partial charge in [-0.25, -0.2) is 0 Å². The van der Waals surface area contributed by atoms with E-state index in [0.717, 1.165) is 5.75 Å². The van der Waals surface area contributed by atoms with E-state index < -0.39 is 5.69 Å². The molecule has 0 aliphatic carbocycles. The molecule has 1 atom stereocenters. The second-order valence-electron chi connectivity index (χ2n) is 3.85. The van der Waals surface area contributed by atoms with E-state index in [-0.39, 0.29) is 25.8 Å². The van der Waals surface area contributed by atoms with Crippen LogP contribution in [0.3, 0.4) is 0 Å². The molecule has 0 aromatic carbocycles.